The molecular formula is C19H29N5O. The molecule has 2 N–H and O–H groups in total. The van der Waals surface area contributed by atoms with Crippen molar-refractivity contribution in [1.29, 1.82) is 0 Å². The number of nitrogens with zero attached hydrogens (tertiary/aromatic N) is 3. The Morgan fingerprint density at radius 3 is 2.68 bits per heavy atom. The Morgan fingerprint density at radius 2 is 2.08 bits per heavy atom. The average Bonchev–Trinajstić information content (AvgIpc) is 2.80. The van der Waals surface area contributed by atoms with Crippen LogP contribution in [0.3, 0.4) is 0 Å². The summed E-state index contributed by atoms with van der Waals surface area (Å²) in [5.41, 5.74) is 5.22. The molecule has 0 saturated carbocycles. The summed E-state index contributed by atoms with van der Waals surface area (Å²) in [6.45, 7) is 9.07. The summed E-state index contributed by atoms with van der Waals surface area (Å²) in [5.74, 6) is 0. The van der Waals surface area contributed by atoms with E-state index in [0.29, 0.717) is 0 Å². The van der Waals surface area contributed by atoms with Gasteiger partial charge in [0.1, 0.15) is 0 Å². The van der Waals surface area contributed by atoms with Gasteiger partial charge in [-0.3, -0.25) is 4.68 Å². The first-order valence-electron chi connectivity index (χ1n) is 8.69. The molecule has 0 saturated heterocycles. The van der Waals surface area contributed by atoms with Gasteiger partial charge in [0, 0.05) is 43.8 Å². The van der Waals surface area contributed by atoms with Crippen molar-refractivity contribution in [3.63, 3.8) is 0 Å². The van der Waals surface area contributed by atoms with Crippen LogP contribution in [0.1, 0.15) is 30.8 Å². The van der Waals surface area contributed by atoms with E-state index in [4.69, 9.17) is 0 Å². The second-order valence-corrected chi connectivity index (χ2v) is 6.54. The molecule has 6 nitrogen and oxygen atoms in total. The number of aromatic nitrogens is 2. The molecule has 25 heavy (non-hydrogen) atoms. The summed E-state index contributed by atoms with van der Waals surface area (Å²) in [5, 5.41) is 10.3. The van der Waals surface area contributed by atoms with Gasteiger partial charge in [-0.25, -0.2) is 4.79 Å². The van der Waals surface area contributed by atoms with Gasteiger partial charge in [0.05, 0.1) is 5.69 Å². The van der Waals surface area contributed by atoms with Gasteiger partial charge in [-0.1, -0.05) is 6.07 Å². The fraction of sp³-hybridized carbons (Fsp3) is 0.474. The van der Waals surface area contributed by atoms with Crippen molar-refractivity contribution in [2.45, 2.75) is 40.2 Å². The first-order chi connectivity index (χ1) is 11.8. The van der Waals surface area contributed by atoms with E-state index >= 15 is 0 Å². The number of anilines is 2. The molecule has 1 heterocycles. The smallest absolute Gasteiger partial charge is 0.319 e. The van der Waals surface area contributed by atoms with Crippen molar-refractivity contribution in [2.75, 3.05) is 23.8 Å². The third-order valence-corrected chi connectivity index (χ3v) is 4.57. The highest BCUT2D eigenvalue weighted by atomic mass is 16.2. The number of hydrogen-bond donors (Lipinski definition) is 2. The molecule has 136 valence electrons. The molecule has 1 aromatic heterocycles. The first kappa shape index (κ1) is 18.8. The molecule has 0 aliphatic rings. The van der Waals surface area contributed by atoms with Crippen molar-refractivity contribution in [3.05, 3.63) is 41.2 Å². The standard InChI is InChI=1S/C19H29N5O/c1-7-23(5)17-10-8-9-16(12-17)21-19(25)20-13(2)11-18-14(3)22-24(6)15(18)4/h8-10,12-13H,7,11H2,1-6H3,(H2,20,21,25)/t13-/m0/s1. The lowest BCUT2D eigenvalue weighted by molar-refractivity contribution is 0.249. The van der Waals surface area contributed by atoms with Gasteiger partial charge in [-0.05, 0) is 57.9 Å². The molecule has 1 aromatic carbocycles. The largest absolute Gasteiger partial charge is 0.375 e. The van der Waals surface area contributed by atoms with E-state index in [1.165, 1.54) is 5.56 Å². The molecule has 1 atom stereocenters. The summed E-state index contributed by atoms with van der Waals surface area (Å²) in [6.07, 6.45) is 0.761. The summed E-state index contributed by atoms with van der Waals surface area (Å²) in [4.78, 5) is 14.4. The zero-order chi connectivity index (χ0) is 18.6. The summed E-state index contributed by atoms with van der Waals surface area (Å²) in [7, 11) is 3.97. The SMILES string of the molecule is CCN(C)c1cccc(NC(=O)N[C@@H](C)Cc2c(C)nn(C)c2C)c1. The van der Waals surface area contributed by atoms with E-state index in [2.05, 4.69) is 34.5 Å². The maximum Gasteiger partial charge on any atom is 0.319 e. The Morgan fingerprint density at radius 1 is 1.36 bits per heavy atom. The highest BCUT2D eigenvalue weighted by molar-refractivity contribution is 5.90. The van der Waals surface area contributed by atoms with Crippen molar-refractivity contribution in [2.24, 2.45) is 7.05 Å². The van der Waals surface area contributed by atoms with Gasteiger partial charge in [0.2, 0.25) is 0 Å². The van der Waals surface area contributed by atoms with Crippen LogP contribution in [0.15, 0.2) is 24.3 Å². The van der Waals surface area contributed by atoms with Gasteiger partial charge in [0.25, 0.3) is 0 Å². The van der Waals surface area contributed by atoms with Crippen LogP contribution in [0, 0.1) is 13.8 Å². The van der Waals surface area contributed by atoms with Gasteiger partial charge in [0.15, 0.2) is 0 Å². The number of amides is 2. The zero-order valence-electron chi connectivity index (χ0n) is 16.1. The zero-order valence-corrected chi connectivity index (χ0v) is 16.1. The van der Waals surface area contributed by atoms with E-state index in [1.807, 2.05) is 56.9 Å². The van der Waals surface area contributed by atoms with E-state index in [0.717, 1.165) is 35.7 Å². The first-order valence-corrected chi connectivity index (χ1v) is 8.69. The quantitative estimate of drug-likeness (QED) is 0.846. The Hall–Kier alpha value is -2.50. The van der Waals surface area contributed by atoms with Crippen LogP contribution in [0.2, 0.25) is 0 Å². The Bertz CT molecular complexity index is 737. The predicted molar refractivity (Wildman–Crippen MR) is 103 cm³/mol. The highest BCUT2D eigenvalue weighted by Gasteiger charge is 2.15. The fourth-order valence-corrected chi connectivity index (χ4v) is 2.86. The highest BCUT2D eigenvalue weighted by Crippen LogP contribution is 2.18. The minimum Gasteiger partial charge on any atom is -0.375 e. The Balaban J connectivity index is 1.95. The molecule has 0 spiro atoms. The molecule has 0 bridgehead atoms. The molecule has 2 aromatic rings. The third kappa shape index (κ3) is 4.75. The third-order valence-electron chi connectivity index (χ3n) is 4.57. The Kier molecular flexibility index (Phi) is 6.07. The second-order valence-electron chi connectivity index (χ2n) is 6.54. The minimum atomic E-state index is -0.192. The van der Waals surface area contributed by atoms with Crippen LogP contribution in [-0.4, -0.2) is 35.4 Å². The molecule has 2 rings (SSSR count). The monoisotopic (exact) mass is 343 g/mol. The molecule has 0 aliphatic carbocycles. The molecule has 6 heteroatoms. The van der Waals surface area contributed by atoms with Gasteiger partial charge >= 0.3 is 6.03 Å². The van der Waals surface area contributed by atoms with Crippen LogP contribution in [0.4, 0.5) is 16.2 Å². The lowest BCUT2D eigenvalue weighted by atomic mass is 10.1. The van der Waals surface area contributed by atoms with Crippen molar-refractivity contribution in [3.8, 4) is 0 Å². The lowest BCUT2D eigenvalue weighted by Gasteiger charge is -2.18. The molecule has 0 radical (unpaired) electrons. The van der Waals surface area contributed by atoms with Crippen molar-refractivity contribution < 1.29 is 4.79 Å². The number of aryl methyl sites for hydroxylation is 2. The van der Waals surface area contributed by atoms with E-state index < -0.39 is 0 Å². The molecule has 2 amide bonds. The maximum absolute atomic E-state index is 12.3. The lowest BCUT2D eigenvalue weighted by Crippen LogP contribution is -2.37. The van der Waals surface area contributed by atoms with Crippen molar-refractivity contribution >= 4 is 17.4 Å². The van der Waals surface area contributed by atoms with Gasteiger partial charge in [-0.2, -0.15) is 5.10 Å². The van der Waals surface area contributed by atoms with Crippen LogP contribution in [-0.2, 0) is 13.5 Å². The minimum absolute atomic E-state index is 0.0168. The Labute approximate surface area is 150 Å². The van der Waals surface area contributed by atoms with Crippen LogP contribution >= 0.6 is 0 Å². The number of carbonyl (C=O) groups excluding carboxylic acids is 1. The predicted octanol–water partition coefficient (Wildman–Crippen LogP) is 3.25. The summed E-state index contributed by atoms with van der Waals surface area (Å²) >= 11 is 0. The average molecular weight is 343 g/mol. The van der Waals surface area contributed by atoms with Crippen LogP contribution < -0.4 is 15.5 Å². The topological polar surface area (TPSA) is 62.2 Å². The number of nitrogens with one attached hydrogen (secondary N) is 2. The molecule has 0 aliphatic heterocycles. The number of carbonyl (C=O) groups is 1. The van der Waals surface area contributed by atoms with E-state index in [-0.39, 0.29) is 12.1 Å². The summed E-state index contributed by atoms with van der Waals surface area (Å²) in [6, 6.07) is 7.67. The second kappa shape index (κ2) is 8.05. The number of benzene rings is 1. The van der Waals surface area contributed by atoms with Crippen molar-refractivity contribution in [1.82, 2.24) is 15.1 Å². The number of hydrogen-bond acceptors (Lipinski definition) is 3. The molecular weight excluding hydrogens is 314 g/mol. The van der Waals surface area contributed by atoms with E-state index in [9.17, 15) is 4.79 Å². The van der Waals surface area contributed by atoms with Crippen LogP contribution in [0.25, 0.3) is 0 Å². The number of rotatable bonds is 6. The summed E-state index contributed by atoms with van der Waals surface area (Å²) < 4.78 is 1.88. The fourth-order valence-electron chi connectivity index (χ4n) is 2.86. The van der Waals surface area contributed by atoms with Gasteiger partial charge in [-0.15, -0.1) is 0 Å². The normalized spacial score (nSPS) is 11.9. The van der Waals surface area contributed by atoms with Crippen LogP contribution in [0.5, 0.6) is 0 Å². The maximum atomic E-state index is 12.3. The van der Waals surface area contributed by atoms with E-state index in [1.54, 1.807) is 0 Å². The molecule has 0 fully saturated rings. The van der Waals surface area contributed by atoms with Gasteiger partial charge < -0.3 is 15.5 Å². The molecule has 0 unspecified atom stereocenters. The number of urea groups is 1.